The largest absolute Gasteiger partial charge is 0.448 e. The van der Waals surface area contributed by atoms with Gasteiger partial charge in [-0.25, -0.2) is 24.4 Å². The smallest absolute Gasteiger partial charge is 0.410 e. The van der Waals surface area contributed by atoms with Gasteiger partial charge in [-0.3, -0.25) is 43.3 Å². The quantitative estimate of drug-likeness (QED) is 0.0258. The molecule has 3 aliphatic rings. The number of amides is 8. The van der Waals surface area contributed by atoms with Crippen LogP contribution in [0, 0.1) is 29.6 Å². The number of thiazole rings is 2. The molecule has 0 radical (unpaired) electrons. The molecule has 0 saturated carbocycles. The molecule has 0 spiro atoms. The van der Waals surface area contributed by atoms with Gasteiger partial charge >= 0.3 is 18.3 Å². The van der Waals surface area contributed by atoms with Gasteiger partial charge in [0.1, 0.15) is 41.0 Å². The van der Waals surface area contributed by atoms with E-state index in [9.17, 15) is 52.7 Å². The zero-order valence-corrected chi connectivity index (χ0v) is 85.7. The fourth-order valence-electron chi connectivity index (χ4n) is 18.7. The van der Waals surface area contributed by atoms with E-state index >= 15 is 0 Å². The summed E-state index contributed by atoms with van der Waals surface area (Å²) in [6, 6.07) is 32.9. The van der Waals surface area contributed by atoms with Gasteiger partial charge in [-0.15, -0.1) is 22.7 Å². The predicted molar refractivity (Wildman–Crippen MR) is 525 cm³/mol. The number of Topliss-reactive ketones (excluding diaryl/α,β-unsaturated/α-hetero) is 3. The highest BCUT2D eigenvalue weighted by Gasteiger charge is 2.48. The van der Waals surface area contributed by atoms with Crippen LogP contribution in [0.2, 0.25) is 0 Å². The number of aromatic nitrogens is 2. The lowest BCUT2D eigenvalue weighted by Gasteiger charge is -2.41. The number of benzene rings is 4. The second-order valence-corrected chi connectivity index (χ2v) is 41.3. The maximum absolute atomic E-state index is 15.0. The molecule has 1 aliphatic carbocycles. The van der Waals surface area contributed by atoms with E-state index in [0.29, 0.717) is 58.0 Å². The fraction of sp³-hybridized carbons (Fsp3) is 0.606. The first-order chi connectivity index (χ1) is 63.9. The molecule has 31 heteroatoms. The van der Waals surface area contributed by atoms with Gasteiger partial charge in [0.25, 0.3) is 0 Å². The topological polar surface area (TPSA) is 342 Å². The summed E-state index contributed by atoms with van der Waals surface area (Å²) in [5.41, 5.74) is 2.44. The Morgan fingerprint density at radius 3 is 1.31 bits per heavy atom. The minimum Gasteiger partial charge on any atom is -0.448 e. The van der Waals surface area contributed by atoms with Crippen LogP contribution < -0.4 is 21.3 Å². The summed E-state index contributed by atoms with van der Waals surface area (Å²) in [5.74, 6) is -4.65. The van der Waals surface area contributed by atoms with Gasteiger partial charge in [-0.2, -0.15) is 0 Å². The summed E-state index contributed by atoms with van der Waals surface area (Å²) in [6.07, 6.45) is 4.55. The molecule has 0 unspecified atom stereocenters. The molecule has 6 aromatic rings. The lowest BCUT2D eigenvalue weighted by atomic mass is 9.85. The molecule has 2 aliphatic heterocycles. The molecule has 8 amide bonds. The molecule has 16 atom stereocenters. The number of likely N-dealkylation sites (N-methyl/N-ethyl adjacent to an activating group) is 4. The number of likely N-dealkylation sites (tertiary alicyclic amines) is 2. The van der Waals surface area contributed by atoms with Gasteiger partial charge < -0.3 is 74.0 Å². The van der Waals surface area contributed by atoms with Crippen molar-refractivity contribution in [3.05, 3.63) is 165 Å². The molecule has 29 nitrogen and oxygen atoms in total. The molecule has 4 aromatic carbocycles. The third kappa shape index (κ3) is 30.1. The van der Waals surface area contributed by atoms with Crippen LogP contribution in [0.4, 0.5) is 14.4 Å². The van der Waals surface area contributed by atoms with Crippen LogP contribution in [0.5, 0.6) is 0 Å². The number of fused-ring (bicyclic) bond motifs is 3. The first-order valence-electron chi connectivity index (χ1n) is 47.6. The molecule has 135 heavy (non-hydrogen) atoms. The maximum atomic E-state index is 15.0. The average Bonchev–Trinajstić information content (AvgIpc) is 1.61. The molecule has 9 rings (SSSR count). The SMILES string of the molecule is CC[C@H](C)[C@@H]([C@@H](CC(=O)N1CCC[C@H]1[C@H](OC)[C@@H](C)C(=O)C[C@@H](Cc1ccccc1)c1nccs1)OC)N(C)C(=O)[C@H](CNC(=O)OC(C)(C)C)CC(=O)C(C)(C)NC.CC[C@H](C)[C@@H]([C@@H](CC(=O)N1CCC[C@H]1[C@H](OC)[C@@H](C)C(=O)C[C@@H](Cc1ccccc1)c1nccs1)OC)N(C)C(=O)[C@H](CNC(=O)OC(C)(C)C)NC(=O)C(C)(C)N(C)C(=O)OCC1c2ccccc2-c2ccccc21. The molecule has 2 saturated heterocycles. The number of hydrogen-bond acceptors (Lipinski definition) is 23. The van der Waals surface area contributed by atoms with Crippen molar-refractivity contribution >= 4 is 87.8 Å². The Bertz CT molecular complexity index is 4790. The van der Waals surface area contributed by atoms with Gasteiger partial charge in [0.15, 0.2) is 5.78 Å². The highest BCUT2D eigenvalue weighted by molar-refractivity contribution is 7.09. The number of alkyl carbamates (subject to hydrolysis) is 2. The minimum atomic E-state index is -1.55. The van der Waals surface area contributed by atoms with Gasteiger partial charge in [0.05, 0.1) is 89.4 Å². The van der Waals surface area contributed by atoms with E-state index in [1.807, 2.05) is 142 Å². The van der Waals surface area contributed by atoms with Crippen LogP contribution in [0.1, 0.15) is 231 Å². The number of carbonyl (C=O) groups excluding carboxylic acids is 11. The Labute approximate surface area is 808 Å². The molecular weight excluding hydrogens is 1760 g/mol. The van der Waals surface area contributed by atoms with E-state index in [1.54, 1.807) is 145 Å². The highest BCUT2D eigenvalue weighted by Crippen LogP contribution is 2.45. The minimum absolute atomic E-state index is 0.00583. The van der Waals surface area contributed by atoms with Crippen LogP contribution in [0.15, 0.2) is 132 Å². The van der Waals surface area contributed by atoms with Crippen molar-refractivity contribution in [3.63, 3.8) is 0 Å². The molecule has 0 bridgehead atoms. The third-order valence-electron chi connectivity index (χ3n) is 27.3. The number of hydrogen-bond donors (Lipinski definition) is 4. The van der Waals surface area contributed by atoms with Crippen molar-refractivity contribution in [3.8, 4) is 11.1 Å². The zero-order chi connectivity index (χ0) is 99.6. The number of nitrogens with one attached hydrogen (secondary N) is 4. The Kier molecular flexibility index (Phi) is 41.7. The predicted octanol–water partition coefficient (Wildman–Crippen LogP) is 15.5. The van der Waals surface area contributed by atoms with E-state index in [2.05, 4.69) is 55.5 Å². The normalized spacial score (nSPS) is 17.7. The number of carbonyl (C=O) groups is 11. The number of methoxy groups -OCH3 is 4. The van der Waals surface area contributed by atoms with Crippen molar-refractivity contribution in [1.29, 1.82) is 0 Å². The number of nitrogens with zero attached hydrogens (tertiary/aromatic N) is 7. The highest BCUT2D eigenvalue weighted by atomic mass is 32.1. The maximum Gasteiger partial charge on any atom is 0.410 e. The van der Waals surface area contributed by atoms with Crippen LogP contribution >= 0.6 is 22.7 Å². The second-order valence-electron chi connectivity index (χ2n) is 39.4. The van der Waals surface area contributed by atoms with Crippen molar-refractivity contribution in [2.24, 2.45) is 29.6 Å². The van der Waals surface area contributed by atoms with Gasteiger partial charge in [-0.05, 0) is 160 Å². The lowest BCUT2D eigenvalue weighted by molar-refractivity contribution is -0.148. The molecular formula is C104H151N11O18S2. The van der Waals surface area contributed by atoms with Crippen molar-refractivity contribution in [1.82, 2.24) is 55.7 Å². The van der Waals surface area contributed by atoms with Gasteiger partial charge in [-0.1, -0.05) is 164 Å². The van der Waals surface area contributed by atoms with Gasteiger partial charge in [0.2, 0.25) is 29.5 Å². The summed E-state index contributed by atoms with van der Waals surface area (Å²) < 4.78 is 41.2. The Hall–Kier alpha value is -9.89. The molecule has 2 aromatic heterocycles. The van der Waals surface area contributed by atoms with Crippen LogP contribution in [0.25, 0.3) is 11.1 Å². The van der Waals surface area contributed by atoms with E-state index in [4.69, 9.17) is 33.2 Å². The molecule has 4 N–H and O–H groups in total. The third-order valence-corrected chi connectivity index (χ3v) is 29.2. The summed E-state index contributed by atoms with van der Waals surface area (Å²) in [4.78, 5) is 171. The second kappa shape index (κ2) is 51.0. The Balaban J connectivity index is 0.000000343. The summed E-state index contributed by atoms with van der Waals surface area (Å²) in [7, 11) is 12.7. The number of ether oxygens (including phenoxy) is 7. The van der Waals surface area contributed by atoms with Crippen LogP contribution in [-0.2, 0) is 84.4 Å². The van der Waals surface area contributed by atoms with Crippen LogP contribution in [0.3, 0.4) is 0 Å². The molecule has 2 fully saturated rings. The number of ketones is 3. The first-order valence-corrected chi connectivity index (χ1v) is 49.4. The summed E-state index contributed by atoms with van der Waals surface area (Å²) in [5, 5.41) is 16.9. The summed E-state index contributed by atoms with van der Waals surface area (Å²) >= 11 is 3.09. The van der Waals surface area contributed by atoms with Gasteiger partial charge in [0, 0.05) is 141 Å². The van der Waals surface area contributed by atoms with Crippen LogP contribution in [-0.4, -0.2) is 266 Å². The Morgan fingerprint density at radius 2 is 0.926 bits per heavy atom. The monoisotopic (exact) mass is 1910 g/mol. The fourth-order valence-corrected chi connectivity index (χ4v) is 20.2. The van der Waals surface area contributed by atoms with Crippen molar-refractivity contribution in [2.45, 2.75) is 289 Å². The lowest BCUT2D eigenvalue weighted by Crippen LogP contribution is -2.63. The summed E-state index contributed by atoms with van der Waals surface area (Å²) in [6.45, 7) is 29.3. The van der Waals surface area contributed by atoms with E-state index in [1.165, 1.54) is 35.3 Å². The number of rotatable bonds is 47. The first kappa shape index (κ1) is 110. The van der Waals surface area contributed by atoms with E-state index in [-0.39, 0.29) is 122 Å². The Morgan fingerprint density at radius 1 is 0.519 bits per heavy atom. The van der Waals surface area contributed by atoms with E-state index in [0.717, 1.165) is 56.2 Å². The standard InChI is InChI=1S/C59H80N6O10S.C45H71N5O8S/c1-13-37(2)51(49(72-11)34-50(67)65-30-21-28-47(65)52(73-12)38(3)48(66)33-40(53-60-29-31-76-53)32-39-22-15-14-16-23-39)63(9)54(68)46(35-61-56(70)75-58(4,5)6)62-55(69)59(7,8)64(10)57(71)74-36-45-43-26-19-17-24-41(43)42-25-18-20-27-44(42)45;1-13-29(2)39(49(10)42(54)33(26-37(52)45(7,8)46-9)28-48-43(55)58-44(4,5)6)36(56-11)27-38(53)50-22-17-20-34(50)40(57-12)30(3)35(51)25-32(41-47-21-23-59-41)24-31-18-15-14-16-19-31/h14-20,22-27,29,31,37-38,40,45-47,49,51-52H,13,21,28,30,32-36H2,1-12H3,(H,61,70)(H,62,69);14-16,18-19,21,23,29-30,32-34,36,39-40,46H,13,17,20,22,24-28H2,1-12H3,(H,48,55)/t37-,38-,40+,46-,47-,49+,51-,52+;29-,30-,32+,33-,34-,36+,39-,40+/m00/s1. The van der Waals surface area contributed by atoms with E-state index < -0.39 is 113 Å². The molecule has 4 heterocycles. The van der Waals surface area contributed by atoms with Crippen molar-refractivity contribution in [2.75, 3.05) is 89.4 Å². The van der Waals surface area contributed by atoms with Crippen molar-refractivity contribution < 1.29 is 85.9 Å². The average molecular weight is 1910 g/mol. The zero-order valence-electron chi connectivity index (χ0n) is 84.0. The molecule has 742 valence electrons.